The minimum absolute atomic E-state index is 0.216. The number of carbonyl (C=O) groups is 1. The fourth-order valence-corrected chi connectivity index (χ4v) is 2.60. The van der Waals surface area contributed by atoms with Crippen molar-refractivity contribution in [1.82, 2.24) is 9.38 Å². The van der Waals surface area contributed by atoms with Gasteiger partial charge in [0.25, 0.3) is 0 Å². The van der Waals surface area contributed by atoms with Crippen molar-refractivity contribution in [3.63, 3.8) is 0 Å². The van der Waals surface area contributed by atoms with E-state index in [0.717, 1.165) is 34.6 Å². The van der Waals surface area contributed by atoms with Gasteiger partial charge in [-0.25, -0.2) is 4.98 Å². The lowest BCUT2D eigenvalue weighted by Gasteiger charge is -2.06. The molecule has 4 nitrogen and oxygen atoms in total. The molecule has 0 bridgehead atoms. The van der Waals surface area contributed by atoms with Gasteiger partial charge in [-0.3, -0.25) is 4.79 Å². The third-order valence-corrected chi connectivity index (χ3v) is 3.71. The summed E-state index contributed by atoms with van der Waals surface area (Å²) in [6, 6.07) is 14.0. The quantitative estimate of drug-likeness (QED) is 0.673. The average molecular weight is 308 g/mol. The van der Waals surface area contributed by atoms with E-state index in [1.807, 2.05) is 66.9 Å². The summed E-state index contributed by atoms with van der Waals surface area (Å²) in [6.45, 7) is 4.47. The Labute approximate surface area is 135 Å². The molecular formula is C19H20N2O2. The third kappa shape index (κ3) is 3.26. The topological polar surface area (TPSA) is 43.6 Å². The van der Waals surface area contributed by atoms with Gasteiger partial charge < -0.3 is 9.14 Å². The Morgan fingerprint density at radius 1 is 1.22 bits per heavy atom. The van der Waals surface area contributed by atoms with E-state index >= 15 is 0 Å². The molecule has 0 amide bonds. The zero-order chi connectivity index (χ0) is 16.2. The lowest BCUT2D eigenvalue weighted by atomic mass is 10.1. The summed E-state index contributed by atoms with van der Waals surface area (Å²) in [5, 5.41) is 0. The van der Waals surface area contributed by atoms with Crippen molar-refractivity contribution in [2.24, 2.45) is 0 Å². The van der Waals surface area contributed by atoms with Crippen LogP contribution in [0.15, 0.2) is 48.7 Å². The number of ether oxygens (including phenoxy) is 1. The summed E-state index contributed by atoms with van der Waals surface area (Å²) < 4.78 is 7.22. The zero-order valence-electron chi connectivity index (χ0n) is 13.5. The van der Waals surface area contributed by atoms with Crippen LogP contribution in [-0.4, -0.2) is 22.0 Å². The second kappa shape index (κ2) is 6.65. The number of carbonyl (C=O) groups excluding carboxylic acids is 1. The van der Waals surface area contributed by atoms with Gasteiger partial charge in [-0.1, -0.05) is 37.3 Å². The average Bonchev–Trinajstić information content (AvgIpc) is 2.91. The van der Waals surface area contributed by atoms with Crippen LogP contribution in [0.1, 0.15) is 24.6 Å². The molecule has 0 saturated carbocycles. The number of imidazole rings is 1. The van der Waals surface area contributed by atoms with Crippen LogP contribution in [0.4, 0.5) is 0 Å². The fourth-order valence-electron chi connectivity index (χ4n) is 2.60. The minimum Gasteiger partial charge on any atom is -0.465 e. The molecule has 23 heavy (non-hydrogen) atoms. The smallest absolute Gasteiger partial charge is 0.311 e. The second-order valence-corrected chi connectivity index (χ2v) is 5.60. The second-order valence-electron chi connectivity index (χ2n) is 5.60. The molecule has 0 radical (unpaired) electrons. The van der Waals surface area contributed by atoms with Crippen molar-refractivity contribution >= 4 is 11.6 Å². The number of hydrogen-bond acceptors (Lipinski definition) is 3. The Bertz CT molecular complexity index is 822. The summed E-state index contributed by atoms with van der Waals surface area (Å²) in [4.78, 5) is 16.8. The molecule has 3 aromatic rings. The number of pyridine rings is 1. The van der Waals surface area contributed by atoms with Crippen LogP contribution in [-0.2, 0) is 16.0 Å². The predicted octanol–water partition coefficient (Wildman–Crippen LogP) is 3.81. The van der Waals surface area contributed by atoms with E-state index in [4.69, 9.17) is 9.72 Å². The highest BCUT2D eigenvalue weighted by atomic mass is 16.5. The maximum absolute atomic E-state index is 12.1. The predicted molar refractivity (Wildman–Crippen MR) is 90.3 cm³/mol. The summed E-state index contributed by atoms with van der Waals surface area (Å²) in [7, 11) is 0. The summed E-state index contributed by atoms with van der Waals surface area (Å²) in [5.41, 5.74) is 4.70. The Balaban J connectivity index is 2.07. The van der Waals surface area contributed by atoms with Gasteiger partial charge in [0, 0.05) is 11.8 Å². The number of rotatable bonds is 5. The number of aryl methyl sites for hydroxylation is 1. The van der Waals surface area contributed by atoms with E-state index in [1.165, 1.54) is 0 Å². The van der Waals surface area contributed by atoms with Crippen molar-refractivity contribution in [3.05, 3.63) is 59.9 Å². The van der Waals surface area contributed by atoms with Crippen LogP contribution in [0.25, 0.3) is 16.9 Å². The van der Waals surface area contributed by atoms with Crippen molar-refractivity contribution in [3.8, 4) is 11.3 Å². The molecule has 0 unspecified atom stereocenters. The molecule has 0 fully saturated rings. The van der Waals surface area contributed by atoms with Gasteiger partial charge in [-0.2, -0.15) is 0 Å². The van der Waals surface area contributed by atoms with E-state index in [0.29, 0.717) is 6.61 Å². The van der Waals surface area contributed by atoms with Crippen molar-refractivity contribution in [2.75, 3.05) is 6.61 Å². The minimum atomic E-state index is -0.216. The summed E-state index contributed by atoms with van der Waals surface area (Å²) in [6.07, 6.45) is 3.00. The molecule has 2 heterocycles. The SMILES string of the molecule is CCCOC(=O)Cc1c(-c2ccccc2)nc2cc(C)ccn12. The Kier molecular flexibility index (Phi) is 4.42. The highest BCUT2D eigenvalue weighted by molar-refractivity contribution is 5.77. The normalized spacial score (nSPS) is 10.9. The first-order chi connectivity index (χ1) is 11.2. The van der Waals surface area contributed by atoms with Gasteiger partial charge in [0.1, 0.15) is 5.65 Å². The van der Waals surface area contributed by atoms with E-state index < -0.39 is 0 Å². The summed E-state index contributed by atoms with van der Waals surface area (Å²) in [5.74, 6) is -0.216. The van der Waals surface area contributed by atoms with Gasteiger partial charge >= 0.3 is 5.97 Å². The molecular weight excluding hydrogens is 288 g/mol. The van der Waals surface area contributed by atoms with Crippen molar-refractivity contribution in [2.45, 2.75) is 26.7 Å². The highest BCUT2D eigenvalue weighted by Gasteiger charge is 2.17. The Morgan fingerprint density at radius 2 is 2.00 bits per heavy atom. The largest absolute Gasteiger partial charge is 0.465 e. The molecule has 3 rings (SSSR count). The third-order valence-electron chi connectivity index (χ3n) is 3.71. The zero-order valence-corrected chi connectivity index (χ0v) is 13.5. The van der Waals surface area contributed by atoms with Crippen LogP contribution in [0, 0.1) is 6.92 Å². The van der Waals surface area contributed by atoms with Crippen molar-refractivity contribution in [1.29, 1.82) is 0 Å². The molecule has 0 atom stereocenters. The number of fused-ring (bicyclic) bond motifs is 1. The maximum Gasteiger partial charge on any atom is 0.311 e. The van der Waals surface area contributed by atoms with Crippen LogP contribution < -0.4 is 0 Å². The number of nitrogens with zero attached hydrogens (tertiary/aromatic N) is 2. The molecule has 0 spiro atoms. The van der Waals surface area contributed by atoms with Crippen LogP contribution in [0.5, 0.6) is 0 Å². The van der Waals surface area contributed by atoms with Crippen LogP contribution in [0.3, 0.4) is 0 Å². The molecule has 0 saturated heterocycles. The first-order valence-corrected chi connectivity index (χ1v) is 7.87. The van der Waals surface area contributed by atoms with E-state index in [2.05, 4.69) is 0 Å². The van der Waals surface area contributed by atoms with Gasteiger partial charge in [-0.15, -0.1) is 0 Å². The summed E-state index contributed by atoms with van der Waals surface area (Å²) >= 11 is 0. The van der Waals surface area contributed by atoms with Crippen LogP contribution in [0.2, 0.25) is 0 Å². The number of aromatic nitrogens is 2. The molecule has 0 aliphatic carbocycles. The van der Waals surface area contributed by atoms with E-state index in [1.54, 1.807) is 0 Å². The lowest BCUT2D eigenvalue weighted by molar-refractivity contribution is -0.142. The molecule has 2 aromatic heterocycles. The highest BCUT2D eigenvalue weighted by Crippen LogP contribution is 2.25. The van der Waals surface area contributed by atoms with E-state index in [-0.39, 0.29) is 12.4 Å². The Morgan fingerprint density at radius 3 is 2.74 bits per heavy atom. The number of benzene rings is 1. The maximum atomic E-state index is 12.1. The first-order valence-electron chi connectivity index (χ1n) is 7.87. The van der Waals surface area contributed by atoms with Gasteiger partial charge in [-0.05, 0) is 31.0 Å². The van der Waals surface area contributed by atoms with E-state index in [9.17, 15) is 4.79 Å². The molecule has 4 heteroatoms. The van der Waals surface area contributed by atoms with Gasteiger partial charge in [0.15, 0.2) is 0 Å². The molecule has 1 aromatic carbocycles. The van der Waals surface area contributed by atoms with Crippen LogP contribution >= 0.6 is 0 Å². The monoisotopic (exact) mass is 308 g/mol. The molecule has 0 aliphatic rings. The fraction of sp³-hybridized carbons (Fsp3) is 0.263. The first kappa shape index (κ1) is 15.3. The Hall–Kier alpha value is -2.62. The van der Waals surface area contributed by atoms with Gasteiger partial charge in [0.05, 0.1) is 24.4 Å². The number of esters is 1. The standard InChI is InChI=1S/C19H20N2O2/c1-3-11-23-18(22)13-16-19(15-7-5-4-6-8-15)20-17-12-14(2)9-10-21(16)17/h4-10,12H,3,11,13H2,1-2H3. The number of hydrogen-bond donors (Lipinski definition) is 0. The molecule has 0 aliphatic heterocycles. The lowest BCUT2D eigenvalue weighted by Crippen LogP contribution is -2.11. The van der Waals surface area contributed by atoms with Crippen molar-refractivity contribution < 1.29 is 9.53 Å². The van der Waals surface area contributed by atoms with Gasteiger partial charge in [0.2, 0.25) is 0 Å². The molecule has 118 valence electrons. The molecule has 0 N–H and O–H groups in total.